The first-order valence-corrected chi connectivity index (χ1v) is 13.1. The lowest BCUT2D eigenvalue weighted by molar-refractivity contribution is -0.137. The molecule has 4 aliphatic rings. The van der Waals surface area contributed by atoms with Crippen LogP contribution in [-0.2, 0) is 9.59 Å². The van der Waals surface area contributed by atoms with Crippen molar-refractivity contribution in [3.63, 3.8) is 0 Å². The van der Waals surface area contributed by atoms with Gasteiger partial charge in [-0.15, -0.1) is 0 Å². The number of carbonyl (C=O) groups is 2. The molecule has 0 aromatic carbocycles. The van der Waals surface area contributed by atoms with Crippen LogP contribution in [0, 0.1) is 23.2 Å². The van der Waals surface area contributed by atoms with Crippen molar-refractivity contribution < 1.29 is 19.8 Å². The van der Waals surface area contributed by atoms with Crippen LogP contribution in [0.2, 0.25) is 0 Å². The molecular weight excluding hydrogens is 390 g/mol. The quantitative estimate of drug-likeness (QED) is 0.282. The summed E-state index contributed by atoms with van der Waals surface area (Å²) in [4.78, 5) is 22.7. The Labute approximate surface area is 188 Å². The van der Waals surface area contributed by atoms with Gasteiger partial charge in [0.1, 0.15) is 6.10 Å². The van der Waals surface area contributed by atoms with Crippen LogP contribution in [-0.4, -0.2) is 34.7 Å². The lowest BCUT2D eigenvalue weighted by Gasteiger charge is -2.57. The third-order valence-corrected chi connectivity index (χ3v) is 8.28. The molecule has 4 aliphatic carbocycles. The molecule has 0 spiro atoms. The minimum Gasteiger partial charge on any atom is -0.481 e. The number of aliphatic hydroxyl groups is 1. The Balaban J connectivity index is 1.15. The van der Waals surface area contributed by atoms with E-state index in [0.717, 1.165) is 56.3 Å². The van der Waals surface area contributed by atoms with E-state index < -0.39 is 12.1 Å². The van der Waals surface area contributed by atoms with E-state index in [1.54, 1.807) is 0 Å². The van der Waals surface area contributed by atoms with Gasteiger partial charge in [0.2, 0.25) is 5.91 Å². The molecule has 31 heavy (non-hydrogen) atoms. The summed E-state index contributed by atoms with van der Waals surface area (Å²) in [6.07, 6.45) is 19.3. The standard InChI is InChI=1S/C26H45NO4/c28-23(11-12-26-17-20-14-21(18-26)16-22(15-20)19-26)25(31)27-13-9-7-5-3-1-2-4-6-8-10-24(29)30/h20-23,28H,1-19H2,(H,27,31)(H,29,30). The van der Waals surface area contributed by atoms with Crippen molar-refractivity contribution in [2.45, 2.75) is 122 Å². The Kier molecular flexibility index (Phi) is 9.68. The minimum atomic E-state index is -0.839. The van der Waals surface area contributed by atoms with Crippen LogP contribution in [0.4, 0.5) is 0 Å². The fourth-order valence-electron chi connectivity index (χ4n) is 7.14. The maximum absolute atomic E-state index is 12.3. The summed E-state index contributed by atoms with van der Waals surface area (Å²) < 4.78 is 0. The lowest BCUT2D eigenvalue weighted by atomic mass is 9.48. The predicted octanol–water partition coefficient (Wildman–Crippen LogP) is 5.45. The van der Waals surface area contributed by atoms with Crippen molar-refractivity contribution in [3.8, 4) is 0 Å². The van der Waals surface area contributed by atoms with Gasteiger partial charge in [-0.25, -0.2) is 0 Å². The zero-order valence-electron chi connectivity index (χ0n) is 19.5. The number of carbonyl (C=O) groups excluding carboxylic acids is 1. The van der Waals surface area contributed by atoms with Gasteiger partial charge in [-0.2, -0.15) is 0 Å². The monoisotopic (exact) mass is 435 g/mol. The number of hydrogen-bond donors (Lipinski definition) is 3. The fourth-order valence-corrected chi connectivity index (χ4v) is 7.14. The first-order valence-electron chi connectivity index (χ1n) is 13.1. The second-order valence-electron chi connectivity index (χ2n) is 11.1. The molecule has 4 bridgehead atoms. The average Bonchev–Trinajstić information content (AvgIpc) is 2.71. The molecule has 5 heteroatoms. The first-order chi connectivity index (χ1) is 15.0. The number of amides is 1. The Hall–Kier alpha value is -1.10. The molecular formula is C26H45NO4. The van der Waals surface area contributed by atoms with Gasteiger partial charge < -0.3 is 15.5 Å². The summed E-state index contributed by atoms with van der Waals surface area (Å²) >= 11 is 0. The Morgan fingerprint density at radius 3 is 1.81 bits per heavy atom. The topological polar surface area (TPSA) is 86.6 Å². The average molecular weight is 436 g/mol. The molecule has 0 aromatic rings. The zero-order valence-corrected chi connectivity index (χ0v) is 19.5. The summed E-state index contributed by atoms with van der Waals surface area (Å²) in [5, 5.41) is 21.9. The van der Waals surface area contributed by atoms with Crippen molar-refractivity contribution in [1.29, 1.82) is 0 Å². The number of rotatable bonds is 16. The number of nitrogens with one attached hydrogen (secondary N) is 1. The Morgan fingerprint density at radius 2 is 1.29 bits per heavy atom. The molecule has 4 fully saturated rings. The molecule has 0 aromatic heterocycles. The SMILES string of the molecule is O=C(O)CCCCCCCCCCCNC(=O)C(O)CCC12CC3CC(CC(C3)C1)C2. The minimum absolute atomic E-state index is 0.175. The summed E-state index contributed by atoms with van der Waals surface area (Å²) in [6.45, 7) is 0.669. The molecule has 1 unspecified atom stereocenters. The molecule has 4 saturated carbocycles. The van der Waals surface area contributed by atoms with Gasteiger partial charge in [0.05, 0.1) is 0 Å². The summed E-state index contributed by atoms with van der Waals surface area (Å²) in [7, 11) is 0. The van der Waals surface area contributed by atoms with Gasteiger partial charge in [0.25, 0.3) is 0 Å². The number of carboxylic acid groups (broad SMARTS) is 1. The van der Waals surface area contributed by atoms with Crippen molar-refractivity contribution in [2.75, 3.05) is 6.54 Å². The Morgan fingerprint density at radius 1 is 0.806 bits per heavy atom. The lowest BCUT2D eigenvalue weighted by Crippen LogP contribution is -2.46. The van der Waals surface area contributed by atoms with E-state index >= 15 is 0 Å². The smallest absolute Gasteiger partial charge is 0.303 e. The number of hydrogen-bond acceptors (Lipinski definition) is 3. The molecule has 0 aliphatic heterocycles. The van der Waals surface area contributed by atoms with Crippen LogP contribution >= 0.6 is 0 Å². The van der Waals surface area contributed by atoms with E-state index in [1.807, 2.05) is 0 Å². The van der Waals surface area contributed by atoms with Crippen molar-refractivity contribution in [2.24, 2.45) is 23.2 Å². The van der Waals surface area contributed by atoms with E-state index in [1.165, 1.54) is 64.2 Å². The number of aliphatic hydroxyl groups excluding tert-OH is 1. The molecule has 0 radical (unpaired) electrons. The molecule has 0 heterocycles. The van der Waals surface area contributed by atoms with Crippen LogP contribution in [0.25, 0.3) is 0 Å². The third-order valence-electron chi connectivity index (χ3n) is 8.28. The van der Waals surface area contributed by atoms with Crippen LogP contribution in [0.1, 0.15) is 116 Å². The van der Waals surface area contributed by atoms with Gasteiger partial charge in [-0.3, -0.25) is 9.59 Å². The largest absolute Gasteiger partial charge is 0.481 e. The number of unbranched alkanes of at least 4 members (excludes halogenated alkanes) is 8. The summed E-state index contributed by atoms with van der Waals surface area (Å²) in [5.41, 5.74) is 0.437. The molecule has 0 saturated heterocycles. The number of carboxylic acids is 1. The van der Waals surface area contributed by atoms with Crippen LogP contribution in [0.3, 0.4) is 0 Å². The van der Waals surface area contributed by atoms with Gasteiger partial charge in [0.15, 0.2) is 0 Å². The maximum atomic E-state index is 12.3. The van der Waals surface area contributed by atoms with Gasteiger partial charge in [-0.1, -0.05) is 44.9 Å². The van der Waals surface area contributed by atoms with Crippen LogP contribution in [0.15, 0.2) is 0 Å². The van der Waals surface area contributed by atoms with E-state index in [-0.39, 0.29) is 5.91 Å². The molecule has 1 amide bonds. The molecule has 3 N–H and O–H groups in total. The molecule has 5 nitrogen and oxygen atoms in total. The first kappa shape index (κ1) is 24.5. The van der Waals surface area contributed by atoms with Gasteiger partial charge in [-0.05, 0) is 87.4 Å². The van der Waals surface area contributed by atoms with E-state index in [2.05, 4.69) is 5.32 Å². The third kappa shape index (κ3) is 8.07. The molecule has 178 valence electrons. The normalized spacial score (nSPS) is 29.8. The predicted molar refractivity (Wildman–Crippen MR) is 123 cm³/mol. The molecule has 1 atom stereocenters. The van der Waals surface area contributed by atoms with Crippen molar-refractivity contribution in [1.82, 2.24) is 5.32 Å². The van der Waals surface area contributed by atoms with Crippen LogP contribution < -0.4 is 5.32 Å². The summed E-state index contributed by atoms with van der Waals surface area (Å²) in [6, 6.07) is 0. The van der Waals surface area contributed by atoms with Gasteiger partial charge in [0, 0.05) is 13.0 Å². The maximum Gasteiger partial charge on any atom is 0.303 e. The van der Waals surface area contributed by atoms with Gasteiger partial charge >= 0.3 is 5.97 Å². The van der Waals surface area contributed by atoms with E-state index in [9.17, 15) is 14.7 Å². The van der Waals surface area contributed by atoms with E-state index in [4.69, 9.17) is 5.11 Å². The highest BCUT2D eigenvalue weighted by molar-refractivity contribution is 5.80. The van der Waals surface area contributed by atoms with Crippen molar-refractivity contribution in [3.05, 3.63) is 0 Å². The zero-order chi connectivity index (χ0) is 22.1. The Bertz CT molecular complexity index is 540. The highest BCUT2D eigenvalue weighted by Gasteiger charge is 2.50. The second kappa shape index (κ2) is 12.2. The highest BCUT2D eigenvalue weighted by atomic mass is 16.4. The highest BCUT2D eigenvalue weighted by Crippen LogP contribution is 2.61. The van der Waals surface area contributed by atoms with Crippen LogP contribution in [0.5, 0.6) is 0 Å². The molecule has 4 rings (SSSR count). The van der Waals surface area contributed by atoms with E-state index in [0.29, 0.717) is 24.8 Å². The van der Waals surface area contributed by atoms with Crippen molar-refractivity contribution >= 4 is 11.9 Å². The number of aliphatic carboxylic acids is 1. The summed E-state index contributed by atoms with van der Waals surface area (Å²) in [5.74, 6) is 1.91. The fraction of sp³-hybridized carbons (Fsp3) is 0.923. The second-order valence-corrected chi connectivity index (χ2v) is 11.1.